The number of amides is 1. The van der Waals surface area contributed by atoms with Gasteiger partial charge in [0.2, 0.25) is 12.7 Å². The van der Waals surface area contributed by atoms with Gasteiger partial charge in [-0.15, -0.1) is 0 Å². The summed E-state index contributed by atoms with van der Waals surface area (Å²) in [5.41, 5.74) is 5.12. The van der Waals surface area contributed by atoms with Crippen LogP contribution in [0.1, 0.15) is 22.4 Å². The van der Waals surface area contributed by atoms with E-state index in [1.807, 2.05) is 63.2 Å². The van der Waals surface area contributed by atoms with Crippen LogP contribution >= 0.6 is 11.6 Å². The molecule has 4 aromatic rings. The Labute approximate surface area is 201 Å². The number of nitrogens with zero attached hydrogens (tertiary/aromatic N) is 3. The lowest BCUT2D eigenvalue weighted by molar-refractivity contribution is -0.123. The Kier molecular flexibility index (Phi) is 5.75. The molecule has 2 aromatic heterocycles. The molecule has 0 saturated heterocycles. The van der Waals surface area contributed by atoms with Crippen molar-refractivity contribution in [3.8, 4) is 23.1 Å². The molecule has 2 aromatic carbocycles. The van der Waals surface area contributed by atoms with E-state index in [-0.39, 0.29) is 19.3 Å². The summed E-state index contributed by atoms with van der Waals surface area (Å²) in [6, 6.07) is 13.0. The van der Waals surface area contributed by atoms with Gasteiger partial charge in [-0.2, -0.15) is 10.1 Å². The van der Waals surface area contributed by atoms with Crippen LogP contribution in [-0.2, 0) is 11.3 Å². The van der Waals surface area contributed by atoms with E-state index in [2.05, 4.69) is 15.4 Å². The molecule has 0 atom stereocenters. The van der Waals surface area contributed by atoms with Gasteiger partial charge >= 0.3 is 0 Å². The number of aromatic nitrogens is 3. The lowest BCUT2D eigenvalue weighted by Crippen LogP contribution is -2.28. The summed E-state index contributed by atoms with van der Waals surface area (Å²) in [6.07, 6.45) is 0. The van der Waals surface area contributed by atoms with E-state index in [0.29, 0.717) is 34.6 Å². The highest BCUT2D eigenvalue weighted by Gasteiger charge is 2.17. The zero-order valence-corrected chi connectivity index (χ0v) is 19.8. The van der Waals surface area contributed by atoms with Gasteiger partial charge < -0.3 is 19.5 Å². The Morgan fingerprint density at radius 1 is 1.15 bits per heavy atom. The third kappa shape index (κ3) is 4.12. The van der Waals surface area contributed by atoms with Gasteiger partial charge in [-0.1, -0.05) is 23.7 Å². The first-order valence-corrected chi connectivity index (χ1v) is 11.2. The minimum atomic E-state index is -0.257. The molecule has 5 rings (SSSR count). The predicted octanol–water partition coefficient (Wildman–Crippen LogP) is 4.42. The molecule has 0 spiro atoms. The molecule has 8 nitrogen and oxygen atoms in total. The van der Waals surface area contributed by atoms with Gasteiger partial charge in [-0.25, -0.2) is 4.68 Å². The number of fused-ring (bicyclic) bond motifs is 2. The summed E-state index contributed by atoms with van der Waals surface area (Å²) >= 11 is 6.33. The number of ether oxygens (including phenoxy) is 3. The van der Waals surface area contributed by atoms with Gasteiger partial charge in [-0.3, -0.25) is 4.79 Å². The number of rotatable bonds is 6. The minimum Gasteiger partial charge on any atom is -0.468 e. The number of hydrogen-bond acceptors (Lipinski definition) is 6. The fourth-order valence-corrected chi connectivity index (χ4v) is 4.15. The lowest BCUT2D eigenvalue weighted by atomic mass is 10.1. The average Bonchev–Trinajstić information content (AvgIpc) is 3.42. The van der Waals surface area contributed by atoms with Crippen molar-refractivity contribution in [2.75, 3.05) is 13.4 Å². The fraction of sp³-hybridized carbons (Fsp3) is 0.240. The van der Waals surface area contributed by atoms with Gasteiger partial charge in [0.05, 0.1) is 11.4 Å². The second-order valence-electron chi connectivity index (χ2n) is 8.11. The Hall–Kier alpha value is -3.78. The zero-order chi connectivity index (χ0) is 23.8. The van der Waals surface area contributed by atoms with Gasteiger partial charge in [0, 0.05) is 23.0 Å². The van der Waals surface area contributed by atoms with Crippen LogP contribution < -0.4 is 19.5 Å². The van der Waals surface area contributed by atoms with Gasteiger partial charge in [0.15, 0.2) is 23.8 Å². The molecule has 0 fully saturated rings. The van der Waals surface area contributed by atoms with Gasteiger partial charge in [-0.05, 0) is 61.7 Å². The monoisotopic (exact) mass is 478 g/mol. The fourth-order valence-electron chi connectivity index (χ4n) is 3.98. The van der Waals surface area contributed by atoms with Crippen LogP contribution in [0.2, 0.25) is 5.02 Å². The number of pyridine rings is 1. The topological polar surface area (TPSA) is 87.5 Å². The van der Waals surface area contributed by atoms with Gasteiger partial charge in [0.1, 0.15) is 0 Å². The van der Waals surface area contributed by atoms with Crippen molar-refractivity contribution in [1.29, 1.82) is 0 Å². The van der Waals surface area contributed by atoms with Crippen LogP contribution in [0.25, 0.3) is 16.7 Å². The summed E-state index contributed by atoms with van der Waals surface area (Å²) < 4.78 is 18.2. The molecule has 1 aliphatic heterocycles. The van der Waals surface area contributed by atoms with E-state index in [4.69, 9.17) is 25.8 Å². The number of hydrogen-bond donors (Lipinski definition) is 1. The molecule has 9 heteroatoms. The largest absolute Gasteiger partial charge is 0.468 e. The third-order valence-electron chi connectivity index (χ3n) is 5.73. The maximum absolute atomic E-state index is 12.4. The summed E-state index contributed by atoms with van der Waals surface area (Å²) in [7, 11) is 0. The Morgan fingerprint density at radius 3 is 2.82 bits per heavy atom. The molecule has 1 amide bonds. The molecule has 3 heterocycles. The van der Waals surface area contributed by atoms with Crippen LogP contribution in [0.15, 0.2) is 42.5 Å². The van der Waals surface area contributed by atoms with E-state index in [1.165, 1.54) is 0 Å². The van der Waals surface area contributed by atoms with E-state index in [1.54, 1.807) is 4.68 Å². The molecule has 0 saturated carbocycles. The van der Waals surface area contributed by atoms with E-state index < -0.39 is 0 Å². The maximum Gasteiger partial charge on any atom is 0.258 e. The normalized spacial score (nSPS) is 12.2. The molecular weight excluding hydrogens is 456 g/mol. The number of carbonyl (C=O) groups excluding carboxylic acids is 1. The Bertz CT molecular complexity index is 1420. The first-order valence-electron chi connectivity index (χ1n) is 10.8. The highest BCUT2D eigenvalue weighted by Crippen LogP contribution is 2.32. The highest BCUT2D eigenvalue weighted by molar-refractivity contribution is 6.31. The number of aryl methyl sites for hydroxylation is 2. The second kappa shape index (κ2) is 8.87. The van der Waals surface area contributed by atoms with Crippen molar-refractivity contribution >= 4 is 28.5 Å². The number of halogens is 1. The van der Waals surface area contributed by atoms with Crippen LogP contribution in [-0.4, -0.2) is 34.1 Å². The summed E-state index contributed by atoms with van der Waals surface area (Å²) in [5, 5.41) is 9.13. The van der Waals surface area contributed by atoms with Crippen LogP contribution in [0.3, 0.4) is 0 Å². The molecular formula is C25H23ClN4O4. The Morgan fingerprint density at radius 2 is 1.97 bits per heavy atom. The summed E-state index contributed by atoms with van der Waals surface area (Å²) in [6.45, 7) is 6.26. The third-order valence-corrected chi connectivity index (χ3v) is 6.14. The zero-order valence-electron chi connectivity index (χ0n) is 19.0. The average molecular weight is 479 g/mol. The minimum absolute atomic E-state index is 0.161. The van der Waals surface area contributed by atoms with Crippen molar-refractivity contribution in [3.05, 3.63) is 69.9 Å². The van der Waals surface area contributed by atoms with Crippen molar-refractivity contribution in [1.82, 2.24) is 20.1 Å². The van der Waals surface area contributed by atoms with Gasteiger partial charge in [0.25, 0.3) is 5.91 Å². The molecule has 0 aliphatic carbocycles. The van der Waals surface area contributed by atoms with E-state index in [0.717, 1.165) is 33.5 Å². The van der Waals surface area contributed by atoms with Crippen molar-refractivity contribution in [2.45, 2.75) is 27.3 Å². The number of nitrogens with one attached hydrogen (secondary N) is 1. The van der Waals surface area contributed by atoms with E-state index >= 15 is 0 Å². The predicted molar refractivity (Wildman–Crippen MR) is 128 cm³/mol. The van der Waals surface area contributed by atoms with Crippen LogP contribution in [0.4, 0.5) is 0 Å². The van der Waals surface area contributed by atoms with Crippen molar-refractivity contribution < 1.29 is 19.0 Å². The van der Waals surface area contributed by atoms with E-state index in [9.17, 15) is 4.79 Å². The first kappa shape index (κ1) is 22.0. The molecule has 0 unspecified atom stereocenters. The summed E-state index contributed by atoms with van der Waals surface area (Å²) in [4.78, 5) is 17.1. The number of carbonyl (C=O) groups is 1. The summed E-state index contributed by atoms with van der Waals surface area (Å²) in [5.74, 6) is 1.48. The van der Waals surface area contributed by atoms with Crippen LogP contribution in [0, 0.1) is 20.8 Å². The van der Waals surface area contributed by atoms with Crippen LogP contribution in [0.5, 0.6) is 17.4 Å². The highest BCUT2D eigenvalue weighted by atomic mass is 35.5. The second-order valence-corrected chi connectivity index (χ2v) is 8.52. The molecule has 1 aliphatic rings. The first-order chi connectivity index (χ1) is 16.4. The smallest absolute Gasteiger partial charge is 0.258 e. The molecule has 1 N–H and O–H groups in total. The molecule has 0 bridgehead atoms. The molecule has 174 valence electrons. The number of benzene rings is 2. The molecule has 0 radical (unpaired) electrons. The maximum atomic E-state index is 12.4. The SMILES string of the molecule is Cc1c(Cl)cccc1-n1nc(C)c2c(C)cc(OCC(=O)NCc3ccc4c(c3)OCO4)nc21. The lowest BCUT2D eigenvalue weighted by Gasteiger charge is -2.11. The standard InChI is InChI=1S/C25H23ClN4O4/c1-14-9-23(32-12-22(31)27-11-17-7-8-20-21(10-17)34-13-33-20)28-25-24(14)16(3)29-30(25)19-6-4-5-18(26)15(19)2/h4-10H,11-13H2,1-3H3,(H,27,31). The molecule has 34 heavy (non-hydrogen) atoms. The van der Waals surface area contributed by atoms with Crippen molar-refractivity contribution in [2.24, 2.45) is 0 Å². The Balaban J connectivity index is 1.32. The quantitative estimate of drug-likeness (QED) is 0.441. The van der Waals surface area contributed by atoms with Crippen molar-refractivity contribution in [3.63, 3.8) is 0 Å².